The van der Waals surface area contributed by atoms with Crippen molar-refractivity contribution >= 4 is 27.3 Å². The van der Waals surface area contributed by atoms with Crippen LogP contribution >= 0.6 is 27.3 Å². The van der Waals surface area contributed by atoms with E-state index in [9.17, 15) is 0 Å². The summed E-state index contributed by atoms with van der Waals surface area (Å²) in [5, 5.41) is 3.29. The van der Waals surface area contributed by atoms with E-state index >= 15 is 0 Å². The maximum absolute atomic E-state index is 3.52. The average Bonchev–Trinajstić information content (AvgIpc) is 2.85. The lowest BCUT2D eigenvalue weighted by Crippen LogP contribution is -2.17. The predicted octanol–water partition coefficient (Wildman–Crippen LogP) is 3.22. The van der Waals surface area contributed by atoms with E-state index in [-0.39, 0.29) is 0 Å². The lowest BCUT2D eigenvalue weighted by atomic mass is 10.0. The molecule has 1 aromatic heterocycles. The lowest BCUT2D eigenvalue weighted by molar-refractivity contribution is 0.575. The standard InChI is InChI=1S/C10H14BrNS/c1-12-6-8(7-2-3-7)9-4-5-10(11)13-9/h4-5,7-8,12H,2-3,6H2,1H3. The van der Waals surface area contributed by atoms with Gasteiger partial charge in [0.1, 0.15) is 0 Å². The van der Waals surface area contributed by atoms with Gasteiger partial charge in [-0.3, -0.25) is 0 Å². The number of rotatable bonds is 4. The smallest absolute Gasteiger partial charge is 0.0701 e. The van der Waals surface area contributed by atoms with Gasteiger partial charge in [-0.15, -0.1) is 11.3 Å². The Morgan fingerprint density at radius 1 is 1.62 bits per heavy atom. The molecule has 0 radical (unpaired) electrons. The highest BCUT2D eigenvalue weighted by atomic mass is 79.9. The zero-order valence-electron chi connectivity index (χ0n) is 7.72. The van der Waals surface area contributed by atoms with Crippen LogP contribution in [0.25, 0.3) is 0 Å². The third kappa shape index (κ3) is 2.33. The Hall–Kier alpha value is 0.140. The minimum Gasteiger partial charge on any atom is -0.319 e. The molecule has 0 aliphatic heterocycles. The van der Waals surface area contributed by atoms with Crippen LogP contribution < -0.4 is 5.32 Å². The summed E-state index contributed by atoms with van der Waals surface area (Å²) in [5.41, 5.74) is 0. The van der Waals surface area contributed by atoms with Gasteiger partial charge < -0.3 is 5.32 Å². The highest BCUT2D eigenvalue weighted by Crippen LogP contribution is 2.44. The summed E-state index contributed by atoms with van der Waals surface area (Å²) >= 11 is 5.40. The minimum atomic E-state index is 0.751. The van der Waals surface area contributed by atoms with Gasteiger partial charge in [-0.05, 0) is 53.9 Å². The maximum Gasteiger partial charge on any atom is 0.0701 e. The Bertz CT molecular complexity index is 280. The van der Waals surface area contributed by atoms with Crippen LogP contribution in [0.3, 0.4) is 0 Å². The molecular formula is C10H14BrNS. The van der Waals surface area contributed by atoms with Gasteiger partial charge in [-0.2, -0.15) is 0 Å². The quantitative estimate of drug-likeness (QED) is 0.876. The zero-order chi connectivity index (χ0) is 9.26. The number of nitrogens with one attached hydrogen (secondary N) is 1. The van der Waals surface area contributed by atoms with Gasteiger partial charge >= 0.3 is 0 Å². The van der Waals surface area contributed by atoms with Gasteiger partial charge in [0.05, 0.1) is 3.79 Å². The largest absolute Gasteiger partial charge is 0.319 e. The first-order valence-electron chi connectivity index (χ1n) is 4.71. The van der Waals surface area contributed by atoms with Crippen molar-refractivity contribution in [1.82, 2.24) is 5.32 Å². The molecule has 0 aromatic carbocycles. The van der Waals surface area contributed by atoms with Crippen molar-refractivity contribution in [3.8, 4) is 0 Å². The molecule has 1 heterocycles. The van der Waals surface area contributed by atoms with E-state index in [1.807, 2.05) is 18.4 Å². The molecule has 0 amide bonds. The van der Waals surface area contributed by atoms with E-state index in [1.165, 1.54) is 21.5 Å². The van der Waals surface area contributed by atoms with E-state index in [0.29, 0.717) is 0 Å². The lowest BCUT2D eigenvalue weighted by Gasteiger charge is -2.13. The third-order valence-corrected chi connectivity index (χ3v) is 4.33. The second-order valence-corrected chi connectivity index (χ2v) is 6.14. The first-order chi connectivity index (χ1) is 6.31. The Labute approximate surface area is 91.7 Å². The van der Waals surface area contributed by atoms with Crippen LogP contribution in [0.2, 0.25) is 0 Å². The van der Waals surface area contributed by atoms with Crippen LogP contribution in [0.5, 0.6) is 0 Å². The van der Waals surface area contributed by atoms with E-state index < -0.39 is 0 Å². The molecule has 0 saturated heterocycles. The van der Waals surface area contributed by atoms with Crippen molar-refractivity contribution in [2.24, 2.45) is 5.92 Å². The van der Waals surface area contributed by atoms with Crippen molar-refractivity contribution in [3.05, 3.63) is 20.8 Å². The van der Waals surface area contributed by atoms with Gasteiger partial charge in [0.15, 0.2) is 0 Å². The Morgan fingerprint density at radius 2 is 2.38 bits per heavy atom. The second-order valence-electron chi connectivity index (χ2n) is 3.64. The van der Waals surface area contributed by atoms with Gasteiger partial charge in [0.2, 0.25) is 0 Å². The molecular weight excluding hydrogens is 246 g/mol. The highest BCUT2D eigenvalue weighted by Gasteiger charge is 2.32. The fourth-order valence-electron chi connectivity index (χ4n) is 1.75. The Balaban J connectivity index is 2.10. The summed E-state index contributed by atoms with van der Waals surface area (Å²) in [6.45, 7) is 1.12. The minimum absolute atomic E-state index is 0.751. The van der Waals surface area contributed by atoms with Crippen LogP contribution in [-0.2, 0) is 0 Å². The van der Waals surface area contributed by atoms with E-state index in [0.717, 1.165) is 18.4 Å². The molecule has 1 fully saturated rings. The summed E-state index contributed by atoms with van der Waals surface area (Å²) in [4.78, 5) is 1.53. The molecule has 1 N–H and O–H groups in total. The van der Waals surface area contributed by atoms with Crippen LogP contribution in [0, 0.1) is 5.92 Å². The summed E-state index contributed by atoms with van der Waals surface area (Å²) in [6, 6.07) is 4.42. The van der Waals surface area contributed by atoms with Crippen LogP contribution in [0.15, 0.2) is 15.9 Å². The molecule has 1 aromatic rings. The average molecular weight is 260 g/mol. The zero-order valence-corrected chi connectivity index (χ0v) is 10.1. The van der Waals surface area contributed by atoms with Crippen LogP contribution in [0.1, 0.15) is 23.6 Å². The molecule has 13 heavy (non-hydrogen) atoms. The monoisotopic (exact) mass is 259 g/mol. The van der Waals surface area contributed by atoms with Crippen molar-refractivity contribution < 1.29 is 0 Å². The van der Waals surface area contributed by atoms with E-state index in [1.54, 1.807) is 0 Å². The van der Waals surface area contributed by atoms with Gasteiger partial charge in [0.25, 0.3) is 0 Å². The third-order valence-electron chi connectivity index (χ3n) is 2.57. The Morgan fingerprint density at radius 3 is 2.85 bits per heavy atom. The predicted molar refractivity (Wildman–Crippen MR) is 61.4 cm³/mol. The number of likely N-dealkylation sites (N-methyl/N-ethyl adjacent to an activating group) is 1. The van der Waals surface area contributed by atoms with Crippen molar-refractivity contribution in [2.75, 3.05) is 13.6 Å². The van der Waals surface area contributed by atoms with E-state index in [4.69, 9.17) is 0 Å². The molecule has 1 atom stereocenters. The fourth-order valence-corrected chi connectivity index (χ4v) is 3.36. The summed E-state index contributed by atoms with van der Waals surface area (Å²) in [7, 11) is 2.04. The van der Waals surface area contributed by atoms with Crippen LogP contribution in [-0.4, -0.2) is 13.6 Å². The molecule has 0 spiro atoms. The van der Waals surface area contributed by atoms with Crippen molar-refractivity contribution in [3.63, 3.8) is 0 Å². The summed E-state index contributed by atoms with van der Waals surface area (Å²) in [5.74, 6) is 1.69. The van der Waals surface area contributed by atoms with E-state index in [2.05, 4.69) is 33.4 Å². The number of thiophene rings is 1. The molecule has 1 aliphatic carbocycles. The molecule has 2 rings (SSSR count). The van der Waals surface area contributed by atoms with Gasteiger partial charge in [0, 0.05) is 17.3 Å². The SMILES string of the molecule is CNCC(c1ccc(Br)s1)C1CC1. The normalized spacial score (nSPS) is 18.9. The molecule has 1 aliphatic rings. The first kappa shape index (κ1) is 9.69. The second kappa shape index (κ2) is 4.11. The van der Waals surface area contributed by atoms with Gasteiger partial charge in [-0.1, -0.05) is 0 Å². The highest BCUT2D eigenvalue weighted by molar-refractivity contribution is 9.11. The van der Waals surface area contributed by atoms with Crippen molar-refractivity contribution in [2.45, 2.75) is 18.8 Å². The molecule has 1 unspecified atom stereocenters. The van der Waals surface area contributed by atoms with Gasteiger partial charge in [-0.25, -0.2) is 0 Å². The summed E-state index contributed by atoms with van der Waals surface area (Å²) in [6.07, 6.45) is 2.84. The molecule has 3 heteroatoms. The fraction of sp³-hybridized carbons (Fsp3) is 0.600. The molecule has 0 bridgehead atoms. The first-order valence-corrected chi connectivity index (χ1v) is 6.32. The molecule has 72 valence electrons. The number of hydrogen-bond acceptors (Lipinski definition) is 2. The molecule has 1 saturated carbocycles. The maximum atomic E-state index is 3.52. The number of halogens is 1. The molecule has 1 nitrogen and oxygen atoms in total. The van der Waals surface area contributed by atoms with Crippen LogP contribution in [0.4, 0.5) is 0 Å². The number of hydrogen-bond donors (Lipinski definition) is 1. The van der Waals surface area contributed by atoms with Crippen molar-refractivity contribution in [1.29, 1.82) is 0 Å². The summed E-state index contributed by atoms with van der Waals surface area (Å²) < 4.78 is 1.25. The topological polar surface area (TPSA) is 12.0 Å². The Kier molecular flexibility index (Phi) is 3.06.